The van der Waals surface area contributed by atoms with Gasteiger partial charge in [0.25, 0.3) is 5.91 Å². The van der Waals surface area contributed by atoms with E-state index in [1.54, 1.807) is 35.4 Å². The third-order valence-electron chi connectivity index (χ3n) is 3.37. The van der Waals surface area contributed by atoms with Crippen molar-refractivity contribution in [2.45, 2.75) is 13.0 Å². The Labute approximate surface area is 111 Å². The number of carbonyl (C=O) groups excluding carboxylic acids is 1. The first-order valence-corrected chi connectivity index (χ1v) is 6.25. The van der Waals surface area contributed by atoms with Gasteiger partial charge in [-0.3, -0.25) is 9.78 Å². The quantitative estimate of drug-likeness (QED) is 0.846. The number of aromatic hydroxyl groups is 1. The molecule has 0 unspecified atom stereocenters. The summed E-state index contributed by atoms with van der Waals surface area (Å²) in [4.78, 5) is 18.2. The molecule has 2 heterocycles. The molecule has 0 bridgehead atoms. The summed E-state index contributed by atoms with van der Waals surface area (Å²) >= 11 is 0. The van der Waals surface area contributed by atoms with Crippen LogP contribution in [0.4, 0.5) is 0 Å². The second-order valence-corrected chi connectivity index (χ2v) is 4.64. The van der Waals surface area contributed by atoms with Gasteiger partial charge in [0.15, 0.2) is 0 Å². The number of hydrogen-bond acceptors (Lipinski definition) is 3. The molecular weight excluding hydrogens is 240 g/mol. The Hall–Kier alpha value is -2.36. The van der Waals surface area contributed by atoms with Crippen LogP contribution in [0.15, 0.2) is 42.6 Å². The Kier molecular flexibility index (Phi) is 2.91. The molecule has 1 N–H and O–H groups in total. The lowest BCUT2D eigenvalue weighted by atomic mass is 9.99. The average Bonchev–Trinajstić information content (AvgIpc) is 2.46. The van der Waals surface area contributed by atoms with Crippen molar-refractivity contribution in [3.8, 4) is 5.75 Å². The van der Waals surface area contributed by atoms with Gasteiger partial charge in [-0.05, 0) is 41.8 Å². The molecule has 0 saturated heterocycles. The predicted octanol–water partition coefficient (Wildman–Crippen LogP) is 1.99. The van der Waals surface area contributed by atoms with E-state index in [0.717, 1.165) is 12.0 Å². The van der Waals surface area contributed by atoms with Crippen LogP contribution in [0.25, 0.3) is 0 Å². The summed E-state index contributed by atoms with van der Waals surface area (Å²) in [5.41, 5.74) is 2.67. The first-order valence-electron chi connectivity index (χ1n) is 6.25. The van der Waals surface area contributed by atoms with Crippen molar-refractivity contribution in [3.05, 3.63) is 59.4 Å². The molecule has 0 saturated carbocycles. The van der Waals surface area contributed by atoms with Gasteiger partial charge in [0.2, 0.25) is 0 Å². The second kappa shape index (κ2) is 4.72. The van der Waals surface area contributed by atoms with Crippen LogP contribution in [0.3, 0.4) is 0 Å². The van der Waals surface area contributed by atoms with Crippen LogP contribution in [0, 0.1) is 0 Å². The van der Waals surface area contributed by atoms with Crippen molar-refractivity contribution < 1.29 is 9.90 Å². The maximum absolute atomic E-state index is 12.3. The minimum absolute atomic E-state index is 0.0606. The van der Waals surface area contributed by atoms with Crippen LogP contribution in [0.1, 0.15) is 21.6 Å². The molecule has 0 atom stereocenters. The lowest BCUT2D eigenvalue weighted by Gasteiger charge is -2.28. The van der Waals surface area contributed by atoms with Crippen molar-refractivity contribution in [2.75, 3.05) is 6.54 Å². The van der Waals surface area contributed by atoms with E-state index in [1.165, 1.54) is 5.56 Å². The van der Waals surface area contributed by atoms with Crippen LogP contribution >= 0.6 is 0 Å². The molecule has 4 nitrogen and oxygen atoms in total. The van der Waals surface area contributed by atoms with Crippen molar-refractivity contribution in [3.63, 3.8) is 0 Å². The van der Waals surface area contributed by atoms with Crippen LogP contribution in [-0.2, 0) is 13.0 Å². The van der Waals surface area contributed by atoms with Crippen molar-refractivity contribution in [1.82, 2.24) is 9.88 Å². The highest BCUT2D eigenvalue weighted by atomic mass is 16.3. The number of pyridine rings is 1. The zero-order valence-corrected chi connectivity index (χ0v) is 10.4. The Balaban J connectivity index is 1.84. The normalized spacial score (nSPS) is 14.0. The van der Waals surface area contributed by atoms with Gasteiger partial charge in [0.05, 0.1) is 0 Å². The molecule has 1 amide bonds. The van der Waals surface area contributed by atoms with Crippen molar-refractivity contribution in [2.24, 2.45) is 0 Å². The zero-order chi connectivity index (χ0) is 13.2. The number of hydrogen-bond donors (Lipinski definition) is 1. The average molecular weight is 254 g/mol. The van der Waals surface area contributed by atoms with Crippen LogP contribution in [0.5, 0.6) is 5.75 Å². The van der Waals surface area contributed by atoms with E-state index in [1.807, 2.05) is 12.1 Å². The van der Waals surface area contributed by atoms with E-state index in [4.69, 9.17) is 0 Å². The largest absolute Gasteiger partial charge is 0.508 e. The minimum atomic E-state index is -0.0606. The smallest absolute Gasteiger partial charge is 0.272 e. The fourth-order valence-corrected chi connectivity index (χ4v) is 2.37. The third kappa shape index (κ3) is 2.29. The zero-order valence-electron chi connectivity index (χ0n) is 10.4. The Bertz CT molecular complexity index is 611. The van der Waals surface area contributed by atoms with Crippen molar-refractivity contribution >= 4 is 5.91 Å². The number of phenols is 1. The van der Waals surface area contributed by atoms with Gasteiger partial charge < -0.3 is 10.0 Å². The van der Waals surface area contributed by atoms with Gasteiger partial charge in [-0.25, -0.2) is 0 Å². The fourth-order valence-electron chi connectivity index (χ4n) is 2.37. The number of phenolic OH excluding ortho intramolecular Hbond substituents is 1. The molecule has 1 aliphatic heterocycles. The van der Waals surface area contributed by atoms with Gasteiger partial charge in [-0.15, -0.1) is 0 Å². The minimum Gasteiger partial charge on any atom is -0.508 e. The Morgan fingerprint density at radius 3 is 2.89 bits per heavy atom. The molecule has 3 rings (SSSR count). The highest BCUT2D eigenvalue weighted by Gasteiger charge is 2.22. The maximum atomic E-state index is 12.3. The van der Waals surface area contributed by atoms with Gasteiger partial charge in [-0.2, -0.15) is 0 Å². The van der Waals surface area contributed by atoms with Crippen molar-refractivity contribution in [1.29, 1.82) is 0 Å². The molecule has 4 heteroatoms. The summed E-state index contributed by atoms with van der Waals surface area (Å²) in [6, 6.07) is 10.7. The van der Waals surface area contributed by atoms with E-state index in [2.05, 4.69) is 4.98 Å². The highest BCUT2D eigenvalue weighted by Crippen LogP contribution is 2.23. The van der Waals surface area contributed by atoms with Gasteiger partial charge in [0.1, 0.15) is 11.4 Å². The molecular formula is C15H14N2O2. The molecule has 96 valence electrons. The van der Waals surface area contributed by atoms with Crippen LogP contribution in [-0.4, -0.2) is 27.4 Å². The van der Waals surface area contributed by atoms with Gasteiger partial charge in [-0.1, -0.05) is 12.1 Å². The van der Waals surface area contributed by atoms with E-state index in [9.17, 15) is 9.90 Å². The summed E-state index contributed by atoms with van der Waals surface area (Å²) in [5, 5.41) is 9.51. The SMILES string of the molecule is O=C(c1ccccn1)N1CCc2ccc(O)cc2C1. The molecule has 0 fully saturated rings. The first kappa shape index (κ1) is 11.7. The monoisotopic (exact) mass is 254 g/mol. The first-order chi connectivity index (χ1) is 9.24. The fraction of sp³-hybridized carbons (Fsp3) is 0.200. The molecule has 0 spiro atoms. The predicted molar refractivity (Wildman–Crippen MR) is 70.8 cm³/mol. The highest BCUT2D eigenvalue weighted by molar-refractivity contribution is 5.92. The summed E-state index contributed by atoms with van der Waals surface area (Å²) < 4.78 is 0. The lowest BCUT2D eigenvalue weighted by Crippen LogP contribution is -2.36. The molecule has 19 heavy (non-hydrogen) atoms. The standard InChI is InChI=1S/C15H14N2O2/c18-13-5-4-11-6-8-17(10-12(11)9-13)15(19)14-3-1-2-7-16-14/h1-5,7,9,18H,6,8,10H2. The van der Waals surface area contributed by atoms with Gasteiger partial charge in [0, 0.05) is 19.3 Å². The summed E-state index contributed by atoms with van der Waals surface area (Å²) in [6.07, 6.45) is 2.44. The van der Waals surface area contributed by atoms with E-state index < -0.39 is 0 Å². The second-order valence-electron chi connectivity index (χ2n) is 4.64. The number of rotatable bonds is 1. The molecule has 1 aliphatic rings. The number of carbonyl (C=O) groups is 1. The molecule has 0 radical (unpaired) electrons. The number of benzene rings is 1. The van der Waals surface area contributed by atoms with Crippen LogP contribution < -0.4 is 0 Å². The molecule has 1 aromatic carbocycles. The number of amides is 1. The summed E-state index contributed by atoms with van der Waals surface area (Å²) in [6.45, 7) is 1.21. The number of aromatic nitrogens is 1. The van der Waals surface area contributed by atoms with E-state index in [0.29, 0.717) is 18.8 Å². The summed E-state index contributed by atoms with van der Waals surface area (Å²) in [5.74, 6) is 0.181. The Morgan fingerprint density at radius 2 is 2.11 bits per heavy atom. The molecule has 2 aromatic rings. The topological polar surface area (TPSA) is 53.4 Å². The molecule has 0 aliphatic carbocycles. The van der Waals surface area contributed by atoms with Gasteiger partial charge >= 0.3 is 0 Å². The number of nitrogens with zero attached hydrogens (tertiary/aromatic N) is 2. The van der Waals surface area contributed by atoms with E-state index >= 15 is 0 Å². The summed E-state index contributed by atoms with van der Waals surface area (Å²) in [7, 11) is 0. The Morgan fingerprint density at radius 1 is 1.21 bits per heavy atom. The van der Waals surface area contributed by atoms with E-state index in [-0.39, 0.29) is 11.7 Å². The molecule has 1 aromatic heterocycles. The number of fused-ring (bicyclic) bond motifs is 1. The lowest BCUT2D eigenvalue weighted by molar-refractivity contribution is 0.0728. The third-order valence-corrected chi connectivity index (χ3v) is 3.37. The van der Waals surface area contributed by atoms with Crippen LogP contribution in [0.2, 0.25) is 0 Å². The maximum Gasteiger partial charge on any atom is 0.272 e.